The number of anilines is 1. The van der Waals surface area contributed by atoms with Crippen LogP contribution in [-0.4, -0.2) is 32.6 Å². The molecule has 1 atom stereocenters. The Labute approximate surface area is 113 Å². The molecule has 19 heavy (non-hydrogen) atoms. The lowest BCUT2D eigenvalue weighted by molar-refractivity contribution is -0.120. The first-order chi connectivity index (χ1) is 9.13. The molecule has 1 aliphatic rings. The van der Waals surface area contributed by atoms with E-state index in [1.165, 1.54) is 6.07 Å². The van der Waals surface area contributed by atoms with Crippen LogP contribution in [0.3, 0.4) is 0 Å². The summed E-state index contributed by atoms with van der Waals surface area (Å²) >= 11 is 0. The second-order valence-electron chi connectivity index (χ2n) is 4.78. The van der Waals surface area contributed by atoms with Gasteiger partial charge in [-0.2, -0.15) is 0 Å². The number of carbonyl (C=O) groups is 1. The standard InChI is InChI=1S/C14H20FN3O/c1-10(16-2)11-4-3-5-12(15)14(11)18-8-6-13(19)17-7-9-18/h3-5,10,16H,6-9H2,1-2H3,(H,17,19). The van der Waals surface area contributed by atoms with Gasteiger partial charge in [-0.05, 0) is 25.6 Å². The van der Waals surface area contributed by atoms with E-state index >= 15 is 0 Å². The molecule has 1 heterocycles. The minimum Gasteiger partial charge on any atom is -0.367 e. The highest BCUT2D eigenvalue weighted by atomic mass is 19.1. The molecule has 2 N–H and O–H groups in total. The van der Waals surface area contributed by atoms with E-state index in [-0.39, 0.29) is 17.8 Å². The maximum Gasteiger partial charge on any atom is 0.221 e. The third-order valence-electron chi connectivity index (χ3n) is 3.55. The Kier molecular flexibility index (Phi) is 4.37. The average molecular weight is 265 g/mol. The molecule has 5 heteroatoms. The minimum atomic E-state index is -0.228. The maximum absolute atomic E-state index is 14.2. The van der Waals surface area contributed by atoms with E-state index in [1.54, 1.807) is 6.07 Å². The van der Waals surface area contributed by atoms with E-state index in [4.69, 9.17) is 0 Å². The molecule has 1 fully saturated rings. The van der Waals surface area contributed by atoms with Crippen LogP contribution in [0.25, 0.3) is 0 Å². The van der Waals surface area contributed by atoms with Gasteiger partial charge in [-0.3, -0.25) is 4.79 Å². The second-order valence-corrected chi connectivity index (χ2v) is 4.78. The van der Waals surface area contributed by atoms with Crippen molar-refractivity contribution >= 4 is 11.6 Å². The molecular formula is C14H20FN3O. The van der Waals surface area contributed by atoms with E-state index in [2.05, 4.69) is 10.6 Å². The SMILES string of the molecule is CNC(C)c1cccc(F)c1N1CCNC(=O)CC1. The van der Waals surface area contributed by atoms with E-state index < -0.39 is 0 Å². The third-order valence-corrected chi connectivity index (χ3v) is 3.55. The van der Waals surface area contributed by atoms with Crippen LogP contribution < -0.4 is 15.5 Å². The predicted molar refractivity (Wildman–Crippen MR) is 73.7 cm³/mol. The predicted octanol–water partition coefficient (Wildman–Crippen LogP) is 1.43. The molecule has 0 spiro atoms. The fourth-order valence-corrected chi connectivity index (χ4v) is 2.36. The van der Waals surface area contributed by atoms with Crippen molar-refractivity contribution < 1.29 is 9.18 Å². The van der Waals surface area contributed by atoms with Crippen molar-refractivity contribution in [1.82, 2.24) is 10.6 Å². The Morgan fingerprint density at radius 3 is 2.95 bits per heavy atom. The number of hydrogen-bond donors (Lipinski definition) is 2. The molecule has 2 rings (SSSR count). The number of hydrogen-bond acceptors (Lipinski definition) is 3. The zero-order chi connectivity index (χ0) is 13.8. The molecule has 1 amide bonds. The highest BCUT2D eigenvalue weighted by molar-refractivity contribution is 5.77. The van der Waals surface area contributed by atoms with E-state index in [9.17, 15) is 9.18 Å². The summed E-state index contributed by atoms with van der Waals surface area (Å²) in [6, 6.07) is 5.20. The average Bonchev–Trinajstić information content (AvgIpc) is 2.62. The van der Waals surface area contributed by atoms with E-state index in [0.717, 1.165) is 5.56 Å². The van der Waals surface area contributed by atoms with Crippen molar-refractivity contribution in [3.05, 3.63) is 29.6 Å². The summed E-state index contributed by atoms with van der Waals surface area (Å²) in [6.07, 6.45) is 0.404. The summed E-state index contributed by atoms with van der Waals surface area (Å²) in [5.41, 5.74) is 1.54. The Morgan fingerprint density at radius 2 is 2.21 bits per heavy atom. The summed E-state index contributed by atoms with van der Waals surface area (Å²) in [7, 11) is 1.85. The van der Waals surface area contributed by atoms with Gasteiger partial charge in [0.2, 0.25) is 5.91 Å². The zero-order valence-corrected chi connectivity index (χ0v) is 11.4. The summed E-state index contributed by atoms with van der Waals surface area (Å²) in [5, 5.41) is 5.94. The monoisotopic (exact) mass is 265 g/mol. The van der Waals surface area contributed by atoms with Crippen LogP contribution >= 0.6 is 0 Å². The first kappa shape index (κ1) is 13.8. The fraction of sp³-hybridized carbons (Fsp3) is 0.500. The summed E-state index contributed by atoms with van der Waals surface area (Å²) in [5.74, 6) is -0.198. The van der Waals surface area contributed by atoms with Crippen LogP contribution in [-0.2, 0) is 4.79 Å². The Hall–Kier alpha value is -1.62. The Bertz CT molecular complexity index is 464. The molecule has 0 bridgehead atoms. The van der Waals surface area contributed by atoms with Gasteiger partial charge in [-0.1, -0.05) is 12.1 Å². The minimum absolute atomic E-state index is 0.0297. The zero-order valence-electron chi connectivity index (χ0n) is 11.4. The van der Waals surface area contributed by atoms with Gasteiger partial charge in [0.05, 0.1) is 5.69 Å². The van der Waals surface area contributed by atoms with Crippen molar-refractivity contribution in [3.8, 4) is 0 Å². The lowest BCUT2D eigenvalue weighted by atomic mass is 10.0. The number of carbonyl (C=O) groups excluding carboxylic acids is 1. The topological polar surface area (TPSA) is 44.4 Å². The van der Waals surface area contributed by atoms with E-state index in [1.807, 2.05) is 24.9 Å². The van der Waals surface area contributed by atoms with Crippen molar-refractivity contribution in [2.45, 2.75) is 19.4 Å². The first-order valence-electron chi connectivity index (χ1n) is 6.60. The molecule has 0 radical (unpaired) electrons. The molecule has 0 saturated carbocycles. The van der Waals surface area contributed by atoms with Crippen LogP contribution in [0.4, 0.5) is 10.1 Å². The van der Waals surface area contributed by atoms with Gasteiger partial charge in [0.15, 0.2) is 0 Å². The van der Waals surface area contributed by atoms with Gasteiger partial charge in [-0.15, -0.1) is 0 Å². The molecule has 1 aromatic carbocycles. The maximum atomic E-state index is 14.2. The number of benzene rings is 1. The molecule has 0 aliphatic carbocycles. The van der Waals surface area contributed by atoms with Crippen molar-refractivity contribution in [2.75, 3.05) is 31.6 Å². The summed E-state index contributed by atoms with van der Waals surface area (Å²) in [6.45, 7) is 3.74. The molecule has 0 aromatic heterocycles. The fourth-order valence-electron chi connectivity index (χ4n) is 2.36. The molecule has 1 unspecified atom stereocenters. The van der Waals surface area contributed by atoms with Crippen molar-refractivity contribution in [3.63, 3.8) is 0 Å². The smallest absolute Gasteiger partial charge is 0.221 e. The number of nitrogens with zero attached hydrogens (tertiary/aromatic N) is 1. The van der Waals surface area contributed by atoms with Crippen molar-refractivity contribution in [1.29, 1.82) is 0 Å². The Morgan fingerprint density at radius 1 is 1.42 bits per heavy atom. The van der Waals surface area contributed by atoms with Gasteiger partial charge >= 0.3 is 0 Å². The van der Waals surface area contributed by atoms with E-state index in [0.29, 0.717) is 31.7 Å². The summed E-state index contributed by atoms with van der Waals surface area (Å²) < 4.78 is 14.2. The molecule has 1 saturated heterocycles. The van der Waals surface area contributed by atoms with Crippen LogP contribution in [0.15, 0.2) is 18.2 Å². The van der Waals surface area contributed by atoms with Gasteiger partial charge in [-0.25, -0.2) is 4.39 Å². The van der Waals surface area contributed by atoms with Crippen LogP contribution in [0.2, 0.25) is 0 Å². The van der Waals surface area contributed by atoms with Gasteiger partial charge in [0.1, 0.15) is 5.82 Å². The molecular weight excluding hydrogens is 245 g/mol. The van der Waals surface area contributed by atoms with Gasteiger partial charge in [0, 0.05) is 32.1 Å². The normalized spacial score (nSPS) is 17.8. The number of para-hydroxylation sites is 1. The number of amides is 1. The van der Waals surface area contributed by atoms with Crippen LogP contribution in [0, 0.1) is 5.82 Å². The van der Waals surface area contributed by atoms with Gasteiger partial charge in [0.25, 0.3) is 0 Å². The van der Waals surface area contributed by atoms with Crippen molar-refractivity contribution in [2.24, 2.45) is 0 Å². The molecule has 4 nitrogen and oxygen atoms in total. The highest BCUT2D eigenvalue weighted by Crippen LogP contribution is 2.29. The largest absolute Gasteiger partial charge is 0.367 e. The Balaban J connectivity index is 2.34. The lowest BCUT2D eigenvalue weighted by Crippen LogP contribution is -2.30. The van der Waals surface area contributed by atoms with Crippen LogP contribution in [0.1, 0.15) is 24.9 Å². The molecule has 104 valence electrons. The third kappa shape index (κ3) is 3.04. The second kappa shape index (κ2) is 6.02. The lowest BCUT2D eigenvalue weighted by Gasteiger charge is -2.27. The first-order valence-corrected chi connectivity index (χ1v) is 6.60. The number of nitrogens with one attached hydrogen (secondary N) is 2. The summed E-state index contributed by atoms with van der Waals surface area (Å²) in [4.78, 5) is 13.3. The van der Waals surface area contributed by atoms with Gasteiger partial charge < -0.3 is 15.5 Å². The number of rotatable bonds is 3. The van der Waals surface area contributed by atoms with Crippen LogP contribution in [0.5, 0.6) is 0 Å². The molecule has 1 aromatic rings. The molecule has 1 aliphatic heterocycles. The number of halogens is 1. The highest BCUT2D eigenvalue weighted by Gasteiger charge is 2.21. The quantitative estimate of drug-likeness (QED) is 0.869.